The van der Waals surface area contributed by atoms with Crippen molar-refractivity contribution in [1.29, 1.82) is 0 Å². The predicted octanol–water partition coefficient (Wildman–Crippen LogP) is 2.74. The van der Waals surface area contributed by atoms with Crippen LogP contribution in [0.15, 0.2) is 53.7 Å². The zero-order valence-electron chi connectivity index (χ0n) is 17.4. The molecule has 3 rings (SSSR count). The first kappa shape index (κ1) is 22.2. The van der Waals surface area contributed by atoms with E-state index in [1.165, 1.54) is 11.8 Å². The molecule has 0 saturated heterocycles. The van der Waals surface area contributed by atoms with Crippen molar-refractivity contribution in [2.45, 2.75) is 11.6 Å². The van der Waals surface area contributed by atoms with Crippen LogP contribution in [0, 0.1) is 0 Å². The maximum absolute atomic E-state index is 12.4. The highest BCUT2D eigenvalue weighted by molar-refractivity contribution is 7.99. The molecular formula is C21H23N5O4S. The van der Waals surface area contributed by atoms with Crippen molar-refractivity contribution in [2.24, 2.45) is 7.05 Å². The van der Waals surface area contributed by atoms with E-state index in [0.29, 0.717) is 33.9 Å². The van der Waals surface area contributed by atoms with Gasteiger partial charge in [-0.25, -0.2) is 0 Å². The minimum absolute atomic E-state index is 0.0398. The van der Waals surface area contributed by atoms with E-state index in [1.54, 1.807) is 62.2 Å². The van der Waals surface area contributed by atoms with Gasteiger partial charge in [0.1, 0.15) is 17.3 Å². The summed E-state index contributed by atoms with van der Waals surface area (Å²) in [6.07, 6.45) is 0.0398. The Morgan fingerprint density at radius 3 is 2.58 bits per heavy atom. The Bertz CT molecular complexity index is 1070. The van der Waals surface area contributed by atoms with Gasteiger partial charge in [-0.05, 0) is 24.3 Å². The number of amides is 2. The fourth-order valence-electron chi connectivity index (χ4n) is 2.74. The van der Waals surface area contributed by atoms with Crippen LogP contribution in [0.5, 0.6) is 11.5 Å². The van der Waals surface area contributed by atoms with Crippen molar-refractivity contribution >= 4 is 35.0 Å². The Kier molecular flexibility index (Phi) is 7.50. The van der Waals surface area contributed by atoms with Crippen molar-refractivity contribution < 1.29 is 19.1 Å². The summed E-state index contributed by atoms with van der Waals surface area (Å²) < 4.78 is 12.1. The number of hydrogen-bond donors (Lipinski definition) is 2. The number of nitrogens with one attached hydrogen (secondary N) is 2. The molecule has 0 radical (unpaired) electrons. The summed E-state index contributed by atoms with van der Waals surface area (Å²) in [5.41, 5.74) is 1.23. The van der Waals surface area contributed by atoms with Crippen molar-refractivity contribution in [3.05, 3.63) is 54.4 Å². The largest absolute Gasteiger partial charge is 0.497 e. The van der Waals surface area contributed by atoms with Gasteiger partial charge in [-0.15, -0.1) is 10.2 Å². The number of methoxy groups -OCH3 is 2. The Morgan fingerprint density at radius 1 is 1.00 bits per heavy atom. The van der Waals surface area contributed by atoms with Gasteiger partial charge < -0.3 is 24.7 Å². The van der Waals surface area contributed by atoms with E-state index < -0.39 is 0 Å². The highest BCUT2D eigenvalue weighted by Gasteiger charge is 2.15. The second-order valence-electron chi connectivity index (χ2n) is 6.45. The summed E-state index contributed by atoms with van der Waals surface area (Å²) in [7, 11) is 4.87. The zero-order chi connectivity index (χ0) is 22.2. The first-order valence-corrected chi connectivity index (χ1v) is 10.4. The molecule has 3 aromatic rings. The number of aromatic nitrogens is 3. The topological polar surface area (TPSA) is 107 Å². The minimum Gasteiger partial charge on any atom is -0.497 e. The van der Waals surface area contributed by atoms with E-state index in [-0.39, 0.29) is 24.0 Å². The molecule has 2 aromatic carbocycles. The number of para-hydroxylation sites is 2. The number of rotatable bonds is 9. The Morgan fingerprint density at radius 2 is 1.81 bits per heavy atom. The van der Waals surface area contributed by atoms with Gasteiger partial charge in [0.2, 0.25) is 11.8 Å². The number of thioether (sulfide) groups is 1. The molecule has 1 heterocycles. The van der Waals surface area contributed by atoms with Crippen LogP contribution in [0.2, 0.25) is 0 Å². The molecule has 0 saturated carbocycles. The average Bonchev–Trinajstić information content (AvgIpc) is 3.11. The molecule has 2 amide bonds. The van der Waals surface area contributed by atoms with E-state index in [9.17, 15) is 9.59 Å². The number of carbonyl (C=O) groups excluding carboxylic acids is 2. The van der Waals surface area contributed by atoms with Crippen LogP contribution in [0.1, 0.15) is 5.82 Å². The molecule has 0 aliphatic carbocycles. The lowest BCUT2D eigenvalue weighted by atomic mass is 10.2. The Labute approximate surface area is 184 Å². The van der Waals surface area contributed by atoms with Crippen LogP contribution >= 0.6 is 11.8 Å². The molecule has 2 N–H and O–H groups in total. The third-order valence-corrected chi connectivity index (χ3v) is 5.33. The van der Waals surface area contributed by atoms with Crippen molar-refractivity contribution in [1.82, 2.24) is 14.8 Å². The highest BCUT2D eigenvalue weighted by atomic mass is 32.2. The average molecular weight is 442 g/mol. The van der Waals surface area contributed by atoms with E-state index in [1.807, 2.05) is 12.1 Å². The third kappa shape index (κ3) is 5.98. The molecule has 162 valence electrons. The molecule has 9 nitrogen and oxygen atoms in total. The summed E-state index contributed by atoms with van der Waals surface area (Å²) in [5.74, 6) is 1.45. The van der Waals surface area contributed by atoms with Gasteiger partial charge in [0, 0.05) is 18.8 Å². The lowest BCUT2D eigenvalue weighted by Crippen LogP contribution is -2.17. The first-order valence-electron chi connectivity index (χ1n) is 9.38. The summed E-state index contributed by atoms with van der Waals surface area (Å²) in [6, 6.07) is 14.3. The summed E-state index contributed by atoms with van der Waals surface area (Å²) in [6.45, 7) is 0. The maximum Gasteiger partial charge on any atom is 0.234 e. The van der Waals surface area contributed by atoms with Gasteiger partial charge in [0.15, 0.2) is 5.16 Å². The van der Waals surface area contributed by atoms with Crippen LogP contribution in [0.25, 0.3) is 0 Å². The highest BCUT2D eigenvalue weighted by Crippen LogP contribution is 2.23. The van der Waals surface area contributed by atoms with Gasteiger partial charge >= 0.3 is 0 Å². The Balaban J connectivity index is 1.54. The number of benzene rings is 2. The smallest absolute Gasteiger partial charge is 0.234 e. The Hall–Kier alpha value is -3.53. The number of ether oxygens (including phenoxy) is 2. The van der Waals surface area contributed by atoms with Gasteiger partial charge in [-0.2, -0.15) is 0 Å². The number of hydrogen-bond acceptors (Lipinski definition) is 7. The number of anilines is 2. The fourth-order valence-corrected chi connectivity index (χ4v) is 3.47. The molecule has 0 aliphatic heterocycles. The normalized spacial score (nSPS) is 10.4. The van der Waals surface area contributed by atoms with Gasteiger partial charge in [-0.1, -0.05) is 30.0 Å². The second kappa shape index (κ2) is 10.5. The molecule has 0 unspecified atom stereocenters. The maximum atomic E-state index is 12.4. The first-order chi connectivity index (χ1) is 15.0. The lowest BCUT2D eigenvalue weighted by Gasteiger charge is -2.09. The quantitative estimate of drug-likeness (QED) is 0.492. The summed E-state index contributed by atoms with van der Waals surface area (Å²) >= 11 is 1.24. The van der Waals surface area contributed by atoms with Crippen LogP contribution < -0.4 is 20.1 Å². The van der Waals surface area contributed by atoms with Gasteiger partial charge in [0.05, 0.1) is 32.1 Å². The molecular weight excluding hydrogens is 418 g/mol. The molecule has 10 heteroatoms. The number of carbonyl (C=O) groups is 2. The van der Waals surface area contributed by atoms with Crippen LogP contribution in [0.4, 0.5) is 11.4 Å². The predicted molar refractivity (Wildman–Crippen MR) is 119 cm³/mol. The second-order valence-corrected chi connectivity index (χ2v) is 7.39. The van der Waals surface area contributed by atoms with Crippen LogP contribution in [-0.2, 0) is 23.1 Å². The summed E-state index contributed by atoms with van der Waals surface area (Å²) in [4.78, 5) is 24.6. The zero-order valence-corrected chi connectivity index (χ0v) is 18.2. The van der Waals surface area contributed by atoms with E-state index in [2.05, 4.69) is 20.8 Å². The van der Waals surface area contributed by atoms with Gasteiger partial charge in [-0.3, -0.25) is 9.59 Å². The molecule has 0 atom stereocenters. The van der Waals surface area contributed by atoms with Gasteiger partial charge in [0.25, 0.3) is 0 Å². The molecule has 0 spiro atoms. The molecule has 0 aliphatic rings. The lowest BCUT2D eigenvalue weighted by molar-refractivity contribution is -0.116. The number of nitrogens with zero attached hydrogens (tertiary/aromatic N) is 3. The fraction of sp³-hybridized carbons (Fsp3) is 0.238. The SMILES string of the molecule is COc1cccc(NC(=O)CSc2nnc(CC(=O)Nc3ccccc3OC)n2C)c1. The molecule has 31 heavy (non-hydrogen) atoms. The monoisotopic (exact) mass is 441 g/mol. The molecule has 0 bridgehead atoms. The van der Waals surface area contributed by atoms with Crippen LogP contribution in [0.3, 0.4) is 0 Å². The molecule has 0 fully saturated rings. The van der Waals surface area contributed by atoms with E-state index in [0.717, 1.165) is 0 Å². The standard InChI is InChI=1S/C21H23N5O4S/c1-26-18(12-19(27)23-16-9-4-5-10-17(16)30-3)24-25-21(26)31-13-20(28)22-14-7-6-8-15(11-14)29-2/h4-11H,12-13H2,1-3H3,(H,22,28)(H,23,27). The van der Waals surface area contributed by atoms with E-state index in [4.69, 9.17) is 9.47 Å². The summed E-state index contributed by atoms with van der Waals surface area (Å²) in [5, 5.41) is 14.3. The van der Waals surface area contributed by atoms with Crippen LogP contribution in [-0.4, -0.2) is 46.6 Å². The van der Waals surface area contributed by atoms with Crippen molar-refractivity contribution in [2.75, 3.05) is 30.6 Å². The molecule has 1 aromatic heterocycles. The third-order valence-electron chi connectivity index (χ3n) is 4.31. The van der Waals surface area contributed by atoms with Crippen molar-refractivity contribution in [3.63, 3.8) is 0 Å². The van der Waals surface area contributed by atoms with Crippen molar-refractivity contribution in [3.8, 4) is 11.5 Å². The van der Waals surface area contributed by atoms with E-state index >= 15 is 0 Å². The minimum atomic E-state index is -0.243.